The predicted octanol–water partition coefficient (Wildman–Crippen LogP) is 0.619. The predicted molar refractivity (Wildman–Crippen MR) is 51.7 cm³/mol. The number of ether oxygens (including phenoxy) is 1. The van der Waals surface area contributed by atoms with E-state index in [2.05, 4.69) is 0 Å². The van der Waals surface area contributed by atoms with Crippen molar-refractivity contribution in [2.75, 3.05) is 20.8 Å². The molecule has 4 nitrogen and oxygen atoms in total. The van der Waals surface area contributed by atoms with E-state index in [0.29, 0.717) is 12.7 Å². The van der Waals surface area contributed by atoms with Crippen molar-refractivity contribution in [1.82, 2.24) is 0 Å². The highest BCUT2D eigenvalue weighted by molar-refractivity contribution is 6.44. The highest BCUT2D eigenvalue weighted by atomic mass is 28.3. The molecule has 0 aliphatic carbocycles. The first-order valence-corrected chi connectivity index (χ1v) is 5.85. The molecule has 0 rings (SSSR count). The van der Waals surface area contributed by atoms with Gasteiger partial charge in [-0.25, -0.2) is 4.79 Å². The first kappa shape index (κ1) is 12.3. The highest BCUT2D eigenvalue weighted by Gasteiger charge is 2.09. The average molecular weight is 204 g/mol. The van der Waals surface area contributed by atoms with Crippen molar-refractivity contribution in [1.29, 1.82) is 0 Å². The van der Waals surface area contributed by atoms with Gasteiger partial charge in [-0.15, -0.1) is 0 Å². The van der Waals surface area contributed by atoms with E-state index in [4.69, 9.17) is 13.6 Å². The van der Waals surface area contributed by atoms with E-state index in [1.54, 1.807) is 27.2 Å². The van der Waals surface area contributed by atoms with Crippen LogP contribution in [0.1, 0.15) is 6.92 Å². The van der Waals surface area contributed by atoms with Crippen molar-refractivity contribution in [3.8, 4) is 0 Å². The normalized spacial score (nSPS) is 11.1. The van der Waals surface area contributed by atoms with Crippen LogP contribution in [0, 0.1) is 0 Å². The van der Waals surface area contributed by atoms with Gasteiger partial charge in [0, 0.05) is 26.3 Å². The van der Waals surface area contributed by atoms with Crippen molar-refractivity contribution in [2.24, 2.45) is 0 Å². The molecule has 0 atom stereocenters. The molecular weight excluding hydrogens is 188 g/mol. The summed E-state index contributed by atoms with van der Waals surface area (Å²) < 4.78 is 15.0. The van der Waals surface area contributed by atoms with Gasteiger partial charge in [0.15, 0.2) is 0 Å². The van der Waals surface area contributed by atoms with Gasteiger partial charge in [0.1, 0.15) is 0 Å². The van der Waals surface area contributed by atoms with Crippen LogP contribution in [0.3, 0.4) is 0 Å². The van der Waals surface area contributed by atoms with Crippen LogP contribution in [-0.2, 0) is 18.4 Å². The number of carbonyl (C=O) groups excluding carboxylic acids is 1. The number of hydrogen-bond acceptors (Lipinski definition) is 4. The molecule has 0 saturated carbocycles. The van der Waals surface area contributed by atoms with Gasteiger partial charge in [0.2, 0.25) is 0 Å². The van der Waals surface area contributed by atoms with E-state index in [0.717, 1.165) is 0 Å². The maximum atomic E-state index is 10.8. The summed E-state index contributed by atoms with van der Waals surface area (Å²) >= 11 is 0. The van der Waals surface area contributed by atoms with E-state index >= 15 is 0 Å². The summed E-state index contributed by atoms with van der Waals surface area (Å²) in [5.74, 6) is -0.317. The third-order valence-corrected chi connectivity index (χ3v) is 3.19. The Balaban J connectivity index is 3.48. The van der Waals surface area contributed by atoms with Gasteiger partial charge in [0.25, 0.3) is 0 Å². The summed E-state index contributed by atoms with van der Waals surface area (Å²) in [6, 6.07) is 0.677. The quantitative estimate of drug-likeness (QED) is 0.361. The van der Waals surface area contributed by atoms with E-state index < -0.39 is 9.28 Å². The minimum absolute atomic E-state index is 0.317. The lowest BCUT2D eigenvalue weighted by atomic mass is 10.5. The van der Waals surface area contributed by atoms with Crippen LogP contribution in [0.4, 0.5) is 0 Å². The molecule has 0 heterocycles. The Morgan fingerprint density at radius 1 is 1.38 bits per heavy atom. The Bertz CT molecular complexity index is 166. The fourth-order valence-corrected chi connectivity index (χ4v) is 1.75. The second-order valence-corrected chi connectivity index (χ2v) is 4.74. The zero-order valence-corrected chi connectivity index (χ0v) is 9.43. The van der Waals surface area contributed by atoms with Crippen LogP contribution in [0.2, 0.25) is 6.04 Å². The topological polar surface area (TPSA) is 44.8 Å². The van der Waals surface area contributed by atoms with Crippen molar-refractivity contribution >= 4 is 15.3 Å². The molecule has 0 aliphatic rings. The van der Waals surface area contributed by atoms with Crippen LogP contribution in [0.5, 0.6) is 0 Å². The molecule has 0 unspecified atom stereocenters. The monoisotopic (exact) mass is 204 g/mol. The van der Waals surface area contributed by atoms with Gasteiger partial charge in [-0.3, -0.25) is 0 Å². The maximum absolute atomic E-state index is 10.8. The van der Waals surface area contributed by atoms with Gasteiger partial charge in [-0.2, -0.15) is 0 Å². The summed E-state index contributed by atoms with van der Waals surface area (Å²) in [6.45, 7) is 2.13. The molecule has 0 amide bonds. The molecule has 13 heavy (non-hydrogen) atoms. The minimum Gasteiger partial charge on any atom is -0.463 e. The fraction of sp³-hybridized carbons (Fsp3) is 0.625. The number of allylic oxidation sites excluding steroid dienone is 1. The lowest BCUT2D eigenvalue weighted by molar-refractivity contribution is -0.137. The Morgan fingerprint density at radius 3 is 2.46 bits per heavy atom. The smallest absolute Gasteiger partial charge is 0.330 e. The highest BCUT2D eigenvalue weighted by Crippen LogP contribution is 1.95. The van der Waals surface area contributed by atoms with Crippen molar-refractivity contribution in [3.63, 3.8) is 0 Å². The first-order chi connectivity index (χ1) is 6.24. The van der Waals surface area contributed by atoms with E-state index in [1.807, 2.05) is 0 Å². The van der Waals surface area contributed by atoms with Gasteiger partial charge >= 0.3 is 15.3 Å². The zero-order valence-electron chi connectivity index (χ0n) is 8.28. The molecule has 0 N–H and O–H groups in total. The van der Waals surface area contributed by atoms with Crippen LogP contribution < -0.4 is 0 Å². The van der Waals surface area contributed by atoms with Crippen LogP contribution >= 0.6 is 0 Å². The molecule has 5 heteroatoms. The van der Waals surface area contributed by atoms with Crippen LogP contribution in [0.25, 0.3) is 0 Å². The Kier molecular flexibility index (Phi) is 7.57. The van der Waals surface area contributed by atoms with Gasteiger partial charge < -0.3 is 13.6 Å². The molecule has 0 spiro atoms. The number of carbonyl (C=O) groups is 1. The molecule has 0 radical (unpaired) electrons. The molecule has 0 aromatic heterocycles. The summed E-state index contributed by atoms with van der Waals surface area (Å²) in [5, 5.41) is 0. The number of hydrogen-bond donors (Lipinski definition) is 0. The summed E-state index contributed by atoms with van der Waals surface area (Å²) in [7, 11) is 1.64. The summed E-state index contributed by atoms with van der Waals surface area (Å²) in [4.78, 5) is 10.8. The van der Waals surface area contributed by atoms with Gasteiger partial charge in [0.05, 0.1) is 6.61 Å². The largest absolute Gasteiger partial charge is 0.463 e. The third-order valence-electron chi connectivity index (χ3n) is 1.43. The summed E-state index contributed by atoms with van der Waals surface area (Å²) in [5.41, 5.74) is 0. The molecule has 76 valence electrons. The van der Waals surface area contributed by atoms with E-state index in [-0.39, 0.29) is 5.97 Å². The van der Waals surface area contributed by atoms with Crippen molar-refractivity contribution < 1.29 is 18.4 Å². The second kappa shape index (κ2) is 7.97. The molecule has 0 aliphatic heterocycles. The van der Waals surface area contributed by atoms with Gasteiger partial charge in [-0.1, -0.05) is 6.08 Å². The van der Waals surface area contributed by atoms with E-state index in [1.165, 1.54) is 6.08 Å². The Hall–Kier alpha value is -0.653. The minimum atomic E-state index is -1.57. The van der Waals surface area contributed by atoms with Crippen LogP contribution in [-0.4, -0.2) is 36.1 Å². The Labute approximate surface area is 80.3 Å². The van der Waals surface area contributed by atoms with E-state index in [9.17, 15) is 4.79 Å². The molecule has 0 aromatic rings. The molecular formula is C8H16O4Si. The van der Waals surface area contributed by atoms with Crippen molar-refractivity contribution in [2.45, 2.75) is 13.0 Å². The first-order valence-electron chi connectivity index (χ1n) is 4.09. The Morgan fingerprint density at radius 2 is 2.00 bits per heavy atom. The number of esters is 1. The second-order valence-electron chi connectivity index (χ2n) is 2.36. The fourth-order valence-electron chi connectivity index (χ4n) is 0.772. The molecule has 0 bridgehead atoms. The molecule has 0 aromatic carbocycles. The number of rotatable bonds is 6. The average Bonchev–Trinajstić information content (AvgIpc) is 2.13. The van der Waals surface area contributed by atoms with Crippen molar-refractivity contribution in [3.05, 3.63) is 12.2 Å². The SMILES string of the molecule is CC=CC(=O)OCC[SiH](OC)OC. The lowest BCUT2D eigenvalue weighted by Gasteiger charge is -2.09. The summed E-state index contributed by atoms with van der Waals surface area (Å²) in [6.07, 6.45) is 3.03. The molecule has 0 fully saturated rings. The van der Waals surface area contributed by atoms with Gasteiger partial charge in [-0.05, 0) is 6.92 Å². The molecule has 0 saturated heterocycles. The maximum Gasteiger partial charge on any atom is 0.330 e. The lowest BCUT2D eigenvalue weighted by Crippen LogP contribution is -2.21. The third kappa shape index (κ3) is 6.50. The zero-order chi connectivity index (χ0) is 10.1. The van der Waals surface area contributed by atoms with Crippen LogP contribution in [0.15, 0.2) is 12.2 Å². The standard InChI is InChI=1S/C8H16O4Si/c1-4-5-8(9)12-6-7-13(10-2)11-3/h4-5,13H,6-7H2,1-3H3.